The second-order valence-corrected chi connectivity index (χ2v) is 5.96. The van der Waals surface area contributed by atoms with Gasteiger partial charge in [-0.3, -0.25) is 4.79 Å². The van der Waals surface area contributed by atoms with Gasteiger partial charge in [-0.05, 0) is 37.3 Å². The summed E-state index contributed by atoms with van der Waals surface area (Å²) in [4.78, 5) is 16.2. The molecule has 1 N–H and O–H groups in total. The van der Waals surface area contributed by atoms with E-state index < -0.39 is 0 Å². The molecule has 1 amide bonds. The Morgan fingerprint density at radius 2 is 2.15 bits per heavy atom. The molecular formula is C16H23ClN2O. The normalized spacial score (nSPS) is 15.5. The van der Waals surface area contributed by atoms with Crippen LogP contribution in [0, 0.1) is 5.92 Å². The molecule has 1 heterocycles. The van der Waals surface area contributed by atoms with Crippen LogP contribution in [0.1, 0.15) is 61.5 Å². The predicted octanol–water partition coefficient (Wildman–Crippen LogP) is 4.00. The molecule has 2 rings (SSSR count). The number of aryl methyl sites for hydroxylation is 1. The zero-order chi connectivity index (χ0) is 14.4. The van der Waals surface area contributed by atoms with E-state index >= 15 is 0 Å². The van der Waals surface area contributed by atoms with Crippen molar-refractivity contribution >= 4 is 17.5 Å². The molecule has 0 saturated heterocycles. The molecule has 1 saturated carbocycles. The molecule has 1 aromatic heterocycles. The molecule has 110 valence electrons. The highest BCUT2D eigenvalue weighted by Crippen LogP contribution is 2.28. The van der Waals surface area contributed by atoms with Crippen LogP contribution in [-0.4, -0.2) is 17.4 Å². The van der Waals surface area contributed by atoms with Crippen LogP contribution in [-0.2, 0) is 6.42 Å². The highest BCUT2D eigenvalue weighted by atomic mass is 35.5. The average Bonchev–Trinajstić information content (AvgIpc) is 2.95. The lowest BCUT2D eigenvalue weighted by molar-refractivity contribution is 0.0952. The van der Waals surface area contributed by atoms with Crippen molar-refractivity contribution in [3.63, 3.8) is 0 Å². The van der Waals surface area contributed by atoms with Crippen molar-refractivity contribution < 1.29 is 4.79 Å². The van der Waals surface area contributed by atoms with Crippen LogP contribution in [0.3, 0.4) is 0 Å². The van der Waals surface area contributed by atoms with Gasteiger partial charge in [-0.15, -0.1) is 0 Å². The molecule has 3 nitrogen and oxygen atoms in total. The number of nitrogens with one attached hydrogen (secondary N) is 1. The minimum Gasteiger partial charge on any atom is -0.352 e. The summed E-state index contributed by atoms with van der Waals surface area (Å²) in [6, 6.07) is 3.45. The van der Waals surface area contributed by atoms with Gasteiger partial charge in [-0.25, -0.2) is 4.98 Å². The summed E-state index contributed by atoms with van der Waals surface area (Å²) in [5, 5.41) is 3.37. The number of carbonyl (C=O) groups is 1. The van der Waals surface area contributed by atoms with Crippen molar-refractivity contribution in [1.82, 2.24) is 10.3 Å². The maximum absolute atomic E-state index is 12.1. The Hall–Kier alpha value is -1.09. The third kappa shape index (κ3) is 4.48. The molecule has 20 heavy (non-hydrogen) atoms. The quantitative estimate of drug-likeness (QED) is 0.636. The van der Waals surface area contributed by atoms with Crippen LogP contribution in [0.25, 0.3) is 0 Å². The van der Waals surface area contributed by atoms with Crippen molar-refractivity contribution in [3.8, 4) is 0 Å². The predicted molar refractivity (Wildman–Crippen MR) is 82.2 cm³/mol. The molecule has 0 radical (unpaired) electrons. The van der Waals surface area contributed by atoms with E-state index in [-0.39, 0.29) is 5.91 Å². The first-order valence-electron chi connectivity index (χ1n) is 7.63. The van der Waals surface area contributed by atoms with Crippen LogP contribution >= 0.6 is 11.6 Å². The van der Waals surface area contributed by atoms with Crippen LogP contribution in [0.2, 0.25) is 5.15 Å². The Morgan fingerprint density at radius 1 is 1.40 bits per heavy atom. The third-order valence-electron chi connectivity index (χ3n) is 4.02. The minimum absolute atomic E-state index is 0.0459. The van der Waals surface area contributed by atoms with E-state index in [0.717, 1.165) is 31.0 Å². The summed E-state index contributed by atoms with van der Waals surface area (Å²) in [5.41, 5.74) is 1.47. The first-order chi connectivity index (χ1) is 9.69. The first kappa shape index (κ1) is 15.3. The van der Waals surface area contributed by atoms with E-state index in [1.54, 1.807) is 6.07 Å². The second-order valence-electron chi connectivity index (χ2n) is 5.57. The second kappa shape index (κ2) is 7.63. The molecule has 1 aliphatic carbocycles. The first-order valence-corrected chi connectivity index (χ1v) is 8.01. The number of aromatic nitrogens is 1. The molecule has 0 aromatic carbocycles. The fraction of sp³-hybridized carbons (Fsp3) is 0.625. The molecular weight excluding hydrogens is 272 g/mol. The number of hydrogen-bond donors (Lipinski definition) is 1. The Labute approximate surface area is 126 Å². The lowest BCUT2D eigenvalue weighted by Crippen LogP contribution is -2.25. The molecule has 0 spiro atoms. The summed E-state index contributed by atoms with van der Waals surface area (Å²) in [6.45, 7) is 2.75. The molecule has 0 unspecified atom stereocenters. The van der Waals surface area contributed by atoms with Gasteiger partial charge >= 0.3 is 0 Å². The van der Waals surface area contributed by atoms with E-state index in [1.165, 1.54) is 32.1 Å². The Morgan fingerprint density at radius 3 is 2.85 bits per heavy atom. The molecule has 1 fully saturated rings. The standard InChI is InChI=1S/C16H23ClN2O/c1-2-14-10-13(11-15(17)19-14)16(20)18-9-5-8-12-6-3-4-7-12/h10-12H,2-9H2,1H3,(H,18,20). The van der Waals surface area contributed by atoms with Crippen molar-refractivity contribution in [2.24, 2.45) is 5.92 Å². The maximum Gasteiger partial charge on any atom is 0.251 e. The molecule has 0 bridgehead atoms. The fourth-order valence-corrected chi connectivity index (χ4v) is 3.08. The SMILES string of the molecule is CCc1cc(C(=O)NCCCC2CCCC2)cc(Cl)n1. The number of pyridine rings is 1. The van der Waals surface area contributed by atoms with E-state index in [0.29, 0.717) is 10.7 Å². The maximum atomic E-state index is 12.1. The largest absolute Gasteiger partial charge is 0.352 e. The fourth-order valence-electron chi connectivity index (χ4n) is 2.86. The lowest BCUT2D eigenvalue weighted by atomic mass is 10.0. The Balaban J connectivity index is 1.77. The smallest absolute Gasteiger partial charge is 0.251 e. The van der Waals surface area contributed by atoms with Crippen molar-refractivity contribution in [2.75, 3.05) is 6.54 Å². The van der Waals surface area contributed by atoms with Gasteiger partial charge in [0.25, 0.3) is 5.91 Å². The third-order valence-corrected chi connectivity index (χ3v) is 4.21. The number of halogens is 1. The van der Waals surface area contributed by atoms with E-state index in [9.17, 15) is 4.79 Å². The number of nitrogens with zero attached hydrogens (tertiary/aromatic N) is 1. The summed E-state index contributed by atoms with van der Waals surface area (Å²) in [5.74, 6) is 0.837. The summed E-state index contributed by atoms with van der Waals surface area (Å²) in [7, 11) is 0. The van der Waals surface area contributed by atoms with Gasteiger partial charge in [-0.1, -0.05) is 44.2 Å². The van der Waals surface area contributed by atoms with Crippen molar-refractivity contribution in [1.29, 1.82) is 0 Å². The lowest BCUT2D eigenvalue weighted by Gasteiger charge is -2.10. The van der Waals surface area contributed by atoms with E-state index in [2.05, 4.69) is 10.3 Å². The van der Waals surface area contributed by atoms with Gasteiger partial charge in [0.15, 0.2) is 0 Å². The van der Waals surface area contributed by atoms with Gasteiger partial charge < -0.3 is 5.32 Å². The van der Waals surface area contributed by atoms with Crippen LogP contribution in [0.4, 0.5) is 0 Å². The van der Waals surface area contributed by atoms with Gasteiger partial charge in [-0.2, -0.15) is 0 Å². The highest BCUT2D eigenvalue weighted by Gasteiger charge is 2.14. The number of amides is 1. The van der Waals surface area contributed by atoms with E-state index in [4.69, 9.17) is 11.6 Å². The Bertz CT molecular complexity index is 456. The number of carbonyl (C=O) groups excluding carboxylic acids is 1. The summed E-state index contributed by atoms with van der Waals surface area (Å²) in [6.07, 6.45) is 8.58. The molecule has 4 heteroatoms. The summed E-state index contributed by atoms with van der Waals surface area (Å²) < 4.78 is 0. The topological polar surface area (TPSA) is 42.0 Å². The van der Waals surface area contributed by atoms with Crippen molar-refractivity contribution in [2.45, 2.75) is 51.9 Å². The van der Waals surface area contributed by atoms with Gasteiger partial charge in [0.05, 0.1) is 0 Å². The number of rotatable bonds is 6. The van der Waals surface area contributed by atoms with Gasteiger partial charge in [0.1, 0.15) is 5.15 Å². The molecule has 0 aliphatic heterocycles. The van der Waals surface area contributed by atoms with Crippen LogP contribution < -0.4 is 5.32 Å². The minimum atomic E-state index is -0.0459. The molecule has 0 atom stereocenters. The van der Waals surface area contributed by atoms with Crippen LogP contribution in [0.5, 0.6) is 0 Å². The van der Waals surface area contributed by atoms with Gasteiger partial charge in [0, 0.05) is 17.8 Å². The highest BCUT2D eigenvalue weighted by molar-refractivity contribution is 6.29. The van der Waals surface area contributed by atoms with Crippen molar-refractivity contribution in [3.05, 3.63) is 28.5 Å². The molecule has 1 aliphatic rings. The Kier molecular flexibility index (Phi) is 5.84. The average molecular weight is 295 g/mol. The van der Waals surface area contributed by atoms with Crippen LogP contribution in [0.15, 0.2) is 12.1 Å². The zero-order valence-corrected chi connectivity index (χ0v) is 12.9. The summed E-state index contributed by atoms with van der Waals surface area (Å²) >= 11 is 5.93. The monoisotopic (exact) mass is 294 g/mol. The van der Waals surface area contributed by atoms with Gasteiger partial charge in [0.2, 0.25) is 0 Å². The molecule has 1 aromatic rings. The van der Waals surface area contributed by atoms with E-state index in [1.807, 2.05) is 13.0 Å². The zero-order valence-electron chi connectivity index (χ0n) is 12.1. The number of hydrogen-bond acceptors (Lipinski definition) is 2.